The van der Waals surface area contributed by atoms with Gasteiger partial charge in [-0.3, -0.25) is 0 Å². The number of rotatable bonds is 6. The molecule has 0 heterocycles. The predicted octanol–water partition coefficient (Wildman–Crippen LogP) is 6.34. The van der Waals surface area contributed by atoms with Crippen LogP contribution in [-0.4, -0.2) is 0 Å². The van der Waals surface area contributed by atoms with E-state index in [1.807, 2.05) is 0 Å². The van der Waals surface area contributed by atoms with Crippen LogP contribution in [0.4, 0.5) is 22.0 Å². The summed E-state index contributed by atoms with van der Waals surface area (Å²) in [6.45, 7) is 1.18. The Kier molecular flexibility index (Phi) is 5.79. The first-order valence-electron chi connectivity index (χ1n) is 8.01. The van der Waals surface area contributed by atoms with Crippen LogP contribution in [0.5, 0.6) is 17.2 Å². The summed E-state index contributed by atoms with van der Waals surface area (Å²) < 4.78 is 95.9. The number of benzene rings is 3. The summed E-state index contributed by atoms with van der Waals surface area (Å²) >= 11 is 0. The van der Waals surface area contributed by atoms with Crippen molar-refractivity contribution >= 4 is 7.82 Å². The van der Waals surface area contributed by atoms with Gasteiger partial charge in [-0.1, -0.05) is 18.2 Å². The molecule has 0 saturated carbocycles. The third kappa shape index (κ3) is 4.86. The topological polar surface area (TPSA) is 44.8 Å². The highest BCUT2D eigenvalue weighted by Crippen LogP contribution is 2.50. The van der Waals surface area contributed by atoms with Crippen LogP contribution in [0.25, 0.3) is 0 Å². The molecule has 0 fully saturated rings. The van der Waals surface area contributed by atoms with E-state index < -0.39 is 48.4 Å². The molecule has 0 N–H and O–H groups in total. The molecule has 0 saturated heterocycles. The van der Waals surface area contributed by atoms with Crippen molar-refractivity contribution in [2.24, 2.45) is 0 Å². The van der Waals surface area contributed by atoms with Gasteiger partial charge in [0.25, 0.3) is 0 Å². The minimum absolute atomic E-state index is 0.0352. The average Bonchev–Trinajstić information content (AvgIpc) is 2.64. The minimum atomic E-state index is -4.78. The molecule has 3 aromatic rings. The molecule has 0 aromatic heterocycles. The number of para-hydroxylation sites is 1. The second kappa shape index (κ2) is 8.13. The summed E-state index contributed by atoms with van der Waals surface area (Å²) in [5.74, 6) is -8.30. The summed E-state index contributed by atoms with van der Waals surface area (Å²) in [6, 6.07) is 9.67. The largest absolute Gasteiger partial charge is 0.647 e. The number of phosphoric acid groups is 1. The summed E-state index contributed by atoms with van der Waals surface area (Å²) in [7, 11) is -4.78. The fourth-order valence-electron chi connectivity index (χ4n) is 2.18. The van der Waals surface area contributed by atoms with Crippen molar-refractivity contribution in [2.75, 3.05) is 0 Å². The van der Waals surface area contributed by atoms with E-state index in [0.29, 0.717) is 12.1 Å². The van der Waals surface area contributed by atoms with Gasteiger partial charge in [-0.05, 0) is 19.1 Å². The molecule has 0 aliphatic heterocycles. The second-order valence-corrected chi connectivity index (χ2v) is 7.19. The monoisotopic (exact) mass is 430 g/mol. The lowest BCUT2D eigenvalue weighted by molar-refractivity contribution is 0.295. The predicted molar refractivity (Wildman–Crippen MR) is 93.3 cm³/mol. The van der Waals surface area contributed by atoms with Crippen molar-refractivity contribution in [1.29, 1.82) is 0 Å². The molecule has 0 bridgehead atoms. The van der Waals surface area contributed by atoms with Gasteiger partial charge in [0.1, 0.15) is 28.9 Å². The third-order valence-electron chi connectivity index (χ3n) is 3.61. The van der Waals surface area contributed by atoms with Gasteiger partial charge < -0.3 is 13.6 Å². The number of halogens is 5. The molecular formula is C19H12F5O4P. The van der Waals surface area contributed by atoms with E-state index >= 15 is 0 Å². The van der Waals surface area contributed by atoms with Gasteiger partial charge in [0.05, 0.1) is 0 Å². The normalized spacial score (nSPS) is 12.9. The van der Waals surface area contributed by atoms with Crippen molar-refractivity contribution in [3.05, 3.63) is 89.2 Å². The SMILES string of the molecule is Cc1c(F)cc(OP(=O)(Oc2ccccc2)Oc2cc(F)c(F)c(F)c2)cc1F. The van der Waals surface area contributed by atoms with E-state index in [0.717, 1.165) is 12.1 Å². The van der Waals surface area contributed by atoms with Gasteiger partial charge in [0.15, 0.2) is 17.5 Å². The van der Waals surface area contributed by atoms with Crippen LogP contribution in [0.2, 0.25) is 0 Å². The summed E-state index contributed by atoms with van der Waals surface area (Å²) in [5.41, 5.74) is -0.306. The maximum Gasteiger partial charge on any atom is 0.647 e. The fourth-order valence-corrected chi connectivity index (χ4v) is 3.40. The van der Waals surface area contributed by atoms with Crippen molar-refractivity contribution in [1.82, 2.24) is 0 Å². The number of hydrogen-bond acceptors (Lipinski definition) is 4. The summed E-state index contributed by atoms with van der Waals surface area (Å²) in [6.07, 6.45) is 0. The maximum atomic E-state index is 13.8. The van der Waals surface area contributed by atoms with E-state index in [-0.39, 0.29) is 11.3 Å². The molecule has 29 heavy (non-hydrogen) atoms. The maximum absolute atomic E-state index is 13.8. The highest BCUT2D eigenvalue weighted by molar-refractivity contribution is 7.49. The van der Waals surface area contributed by atoms with E-state index in [2.05, 4.69) is 0 Å². The van der Waals surface area contributed by atoms with Crippen LogP contribution in [-0.2, 0) is 4.57 Å². The van der Waals surface area contributed by atoms with Crippen molar-refractivity contribution in [3.8, 4) is 17.2 Å². The molecule has 152 valence electrons. The molecule has 3 aromatic carbocycles. The molecule has 0 radical (unpaired) electrons. The first kappa shape index (κ1) is 20.7. The Morgan fingerprint density at radius 2 is 1.07 bits per heavy atom. The van der Waals surface area contributed by atoms with E-state index in [1.54, 1.807) is 6.07 Å². The van der Waals surface area contributed by atoms with Gasteiger partial charge in [-0.25, -0.2) is 22.0 Å². The molecule has 0 aliphatic rings. The van der Waals surface area contributed by atoms with Crippen LogP contribution in [0.15, 0.2) is 54.6 Å². The van der Waals surface area contributed by atoms with Gasteiger partial charge in [0.2, 0.25) is 0 Å². The Hall–Kier alpha value is -3.06. The Bertz CT molecular complexity index is 982. The molecule has 1 unspecified atom stereocenters. The lowest BCUT2D eigenvalue weighted by Gasteiger charge is -2.20. The standard InChI is InChI=1S/C19H12F5O4P/c1-11-15(20)7-13(8-16(11)21)27-29(25,26-12-5-3-2-4-6-12)28-14-9-17(22)19(24)18(23)10-14/h2-10H,1H3. The zero-order chi connectivity index (χ0) is 21.2. The smallest absolute Gasteiger partial charge is 0.386 e. The van der Waals surface area contributed by atoms with E-state index in [9.17, 15) is 26.5 Å². The molecule has 3 rings (SSSR count). The van der Waals surface area contributed by atoms with Crippen LogP contribution >= 0.6 is 7.82 Å². The minimum Gasteiger partial charge on any atom is -0.386 e. The zero-order valence-electron chi connectivity index (χ0n) is 14.7. The van der Waals surface area contributed by atoms with Crippen molar-refractivity contribution in [3.63, 3.8) is 0 Å². The Morgan fingerprint density at radius 3 is 1.55 bits per heavy atom. The van der Waals surface area contributed by atoms with Crippen LogP contribution in [0, 0.1) is 36.0 Å². The lowest BCUT2D eigenvalue weighted by atomic mass is 10.2. The quantitative estimate of drug-likeness (QED) is 0.260. The van der Waals surface area contributed by atoms with Crippen LogP contribution in [0.1, 0.15) is 5.56 Å². The molecule has 1 atom stereocenters. The van der Waals surface area contributed by atoms with Gasteiger partial charge >= 0.3 is 7.82 Å². The Balaban J connectivity index is 1.99. The first-order chi connectivity index (χ1) is 13.7. The third-order valence-corrected chi connectivity index (χ3v) is 4.91. The number of hydrogen-bond donors (Lipinski definition) is 0. The summed E-state index contributed by atoms with van der Waals surface area (Å²) in [4.78, 5) is 0. The average molecular weight is 430 g/mol. The lowest BCUT2D eigenvalue weighted by Crippen LogP contribution is -2.09. The molecule has 4 nitrogen and oxygen atoms in total. The Morgan fingerprint density at radius 1 is 0.655 bits per heavy atom. The summed E-state index contributed by atoms with van der Waals surface area (Å²) in [5, 5.41) is 0. The second-order valence-electron chi connectivity index (χ2n) is 5.75. The van der Waals surface area contributed by atoms with Gasteiger partial charge in [0, 0.05) is 29.8 Å². The molecular weight excluding hydrogens is 418 g/mol. The van der Waals surface area contributed by atoms with Gasteiger partial charge in [-0.15, -0.1) is 0 Å². The van der Waals surface area contributed by atoms with E-state index in [1.165, 1.54) is 31.2 Å². The molecule has 0 aliphatic carbocycles. The highest BCUT2D eigenvalue weighted by Gasteiger charge is 2.34. The molecule has 0 spiro atoms. The fraction of sp³-hybridized carbons (Fsp3) is 0.0526. The molecule has 0 amide bonds. The van der Waals surface area contributed by atoms with Crippen LogP contribution < -0.4 is 13.6 Å². The molecule has 10 heteroatoms. The zero-order valence-corrected chi connectivity index (χ0v) is 15.6. The highest BCUT2D eigenvalue weighted by atomic mass is 31.2. The van der Waals surface area contributed by atoms with Crippen molar-refractivity contribution < 1.29 is 40.1 Å². The van der Waals surface area contributed by atoms with Crippen molar-refractivity contribution in [2.45, 2.75) is 6.92 Å². The van der Waals surface area contributed by atoms with Crippen LogP contribution in [0.3, 0.4) is 0 Å². The number of phosphoric ester groups is 1. The first-order valence-corrected chi connectivity index (χ1v) is 9.47. The Labute approximate surface area is 162 Å². The van der Waals surface area contributed by atoms with E-state index in [4.69, 9.17) is 13.6 Å². The van der Waals surface area contributed by atoms with Gasteiger partial charge in [-0.2, -0.15) is 4.57 Å².